The number of hydrogen-bond acceptors (Lipinski definition) is 6. The maximum Gasteiger partial charge on any atom is 0.158 e. The van der Waals surface area contributed by atoms with Crippen molar-refractivity contribution < 1.29 is 0 Å². The smallest absolute Gasteiger partial charge is 0.158 e. The van der Waals surface area contributed by atoms with Crippen LogP contribution in [0.3, 0.4) is 0 Å². The summed E-state index contributed by atoms with van der Waals surface area (Å²) in [4.78, 5) is 15.0. The second-order valence-electron chi connectivity index (χ2n) is 4.16. The molecule has 0 saturated carbocycles. The second kappa shape index (κ2) is 6.77. The Morgan fingerprint density at radius 2 is 1.95 bits per heavy atom. The SMILES string of the molecule is CCN(Cc1ccccn1)Cc1cnc(NN)cn1. The lowest BCUT2D eigenvalue weighted by Crippen LogP contribution is -2.23. The number of rotatable bonds is 6. The zero-order valence-electron chi connectivity index (χ0n) is 11.0. The largest absolute Gasteiger partial charge is 0.307 e. The van der Waals surface area contributed by atoms with Crippen LogP contribution in [0.4, 0.5) is 5.82 Å². The highest BCUT2D eigenvalue weighted by atomic mass is 15.3. The molecule has 0 aliphatic heterocycles. The minimum absolute atomic E-state index is 0.566. The van der Waals surface area contributed by atoms with Gasteiger partial charge in [-0.25, -0.2) is 10.8 Å². The quantitative estimate of drug-likeness (QED) is 0.598. The number of hydrogen-bond donors (Lipinski definition) is 2. The zero-order chi connectivity index (χ0) is 13.5. The molecule has 0 fully saturated rings. The molecule has 2 rings (SSSR count). The predicted molar refractivity (Wildman–Crippen MR) is 73.9 cm³/mol. The fourth-order valence-corrected chi connectivity index (χ4v) is 1.74. The first kappa shape index (κ1) is 13.4. The third-order valence-corrected chi connectivity index (χ3v) is 2.80. The summed E-state index contributed by atoms with van der Waals surface area (Å²) in [6.07, 6.45) is 5.17. The van der Waals surface area contributed by atoms with E-state index >= 15 is 0 Å². The molecule has 2 aromatic heterocycles. The minimum Gasteiger partial charge on any atom is -0.307 e. The van der Waals surface area contributed by atoms with E-state index in [1.807, 2.05) is 24.4 Å². The lowest BCUT2D eigenvalue weighted by molar-refractivity contribution is 0.264. The van der Waals surface area contributed by atoms with Gasteiger partial charge in [0.1, 0.15) is 0 Å². The predicted octanol–water partition coefficient (Wildman–Crippen LogP) is 1.18. The van der Waals surface area contributed by atoms with Crippen molar-refractivity contribution in [2.24, 2.45) is 5.84 Å². The molecule has 0 amide bonds. The summed E-state index contributed by atoms with van der Waals surface area (Å²) in [6.45, 7) is 4.59. The maximum absolute atomic E-state index is 5.26. The Morgan fingerprint density at radius 1 is 1.11 bits per heavy atom. The first-order valence-electron chi connectivity index (χ1n) is 6.21. The van der Waals surface area contributed by atoms with Crippen LogP contribution in [0.1, 0.15) is 18.3 Å². The van der Waals surface area contributed by atoms with E-state index in [-0.39, 0.29) is 0 Å². The lowest BCUT2D eigenvalue weighted by Gasteiger charge is -2.19. The molecule has 3 N–H and O–H groups in total. The van der Waals surface area contributed by atoms with Crippen molar-refractivity contribution >= 4 is 5.82 Å². The molecule has 2 aromatic rings. The van der Waals surface area contributed by atoms with Gasteiger partial charge in [-0.2, -0.15) is 0 Å². The highest BCUT2D eigenvalue weighted by molar-refractivity contribution is 5.28. The van der Waals surface area contributed by atoms with Gasteiger partial charge in [-0.3, -0.25) is 14.9 Å². The van der Waals surface area contributed by atoms with Crippen molar-refractivity contribution in [1.82, 2.24) is 19.9 Å². The van der Waals surface area contributed by atoms with E-state index in [1.165, 1.54) is 0 Å². The number of nitrogens with two attached hydrogens (primary N) is 1. The maximum atomic E-state index is 5.26. The Balaban J connectivity index is 1.98. The molecular weight excluding hydrogens is 240 g/mol. The van der Waals surface area contributed by atoms with Crippen LogP contribution in [0.25, 0.3) is 0 Å². The second-order valence-corrected chi connectivity index (χ2v) is 4.16. The summed E-state index contributed by atoms with van der Waals surface area (Å²) >= 11 is 0. The summed E-state index contributed by atoms with van der Waals surface area (Å²) in [5.41, 5.74) is 4.43. The van der Waals surface area contributed by atoms with Gasteiger partial charge in [-0.05, 0) is 18.7 Å². The van der Waals surface area contributed by atoms with Crippen LogP contribution in [-0.4, -0.2) is 26.4 Å². The summed E-state index contributed by atoms with van der Waals surface area (Å²) in [6, 6.07) is 5.94. The summed E-state index contributed by atoms with van der Waals surface area (Å²) in [5.74, 6) is 5.82. The Bertz CT molecular complexity index is 484. The molecule has 0 saturated heterocycles. The molecule has 100 valence electrons. The van der Waals surface area contributed by atoms with Crippen LogP contribution < -0.4 is 11.3 Å². The molecule has 0 unspecified atom stereocenters. The van der Waals surface area contributed by atoms with Crippen molar-refractivity contribution in [3.63, 3.8) is 0 Å². The van der Waals surface area contributed by atoms with Crippen LogP contribution in [0.2, 0.25) is 0 Å². The van der Waals surface area contributed by atoms with Gasteiger partial charge >= 0.3 is 0 Å². The summed E-state index contributed by atoms with van der Waals surface area (Å²) in [5, 5.41) is 0. The highest BCUT2D eigenvalue weighted by Gasteiger charge is 2.07. The van der Waals surface area contributed by atoms with Gasteiger partial charge < -0.3 is 5.43 Å². The van der Waals surface area contributed by atoms with Crippen molar-refractivity contribution in [3.05, 3.63) is 48.2 Å². The zero-order valence-corrected chi connectivity index (χ0v) is 11.0. The Kier molecular flexibility index (Phi) is 4.77. The van der Waals surface area contributed by atoms with E-state index in [4.69, 9.17) is 5.84 Å². The van der Waals surface area contributed by atoms with Crippen molar-refractivity contribution in [1.29, 1.82) is 0 Å². The first-order chi connectivity index (χ1) is 9.31. The Morgan fingerprint density at radius 3 is 2.53 bits per heavy atom. The molecule has 0 radical (unpaired) electrons. The molecular formula is C13H18N6. The van der Waals surface area contributed by atoms with Gasteiger partial charge in [0, 0.05) is 19.3 Å². The number of nitrogen functional groups attached to an aromatic ring is 1. The number of pyridine rings is 1. The fourth-order valence-electron chi connectivity index (χ4n) is 1.74. The third-order valence-electron chi connectivity index (χ3n) is 2.80. The summed E-state index contributed by atoms with van der Waals surface area (Å²) < 4.78 is 0. The molecule has 0 aliphatic rings. The summed E-state index contributed by atoms with van der Waals surface area (Å²) in [7, 11) is 0. The van der Waals surface area contributed by atoms with E-state index in [0.29, 0.717) is 5.82 Å². The van der Waals surface area contributed by atoms with Crippen LogP contribution in [0, 0.1) is 0 Å². The molecule has 0 aliphatic carbocycles. The van der Waals surface area contributed by atoms with E-state index in [1.54, 1.807) is 12.4 Å². The van der Waals surface area contributed by atoms with Gasteiger partial charge in [-0.1, -0.05) is 13.0 Å². The normalized spacial score (nSPS) is 10.7. The Labute approximate surface area is 112 Å². The number of aromatic nitrogens is 3. The average Bonchev–Trinajstić information content (AvgIpc) is 2.48. The van der Waals surface area contributed by atoms with Crippen LogP contribution >= 0.6 is 0 Å². The monoisotopic (exact) mass is 258 g/mol. The van der Waals surface area contributed by atoms with E-state index in [0.717, 1.165) is 31.0 Å². The molecule has 2 heterocycles. The minimum atomic E-state index is 0.566. The molecule has 0 aromatic carbocycles. The number of nitrogens with one attached hydrogen (secondary N) is 1. The van der Waals surface area contributed by atoms with E-state index in [2.05, 4.69) is 32.2 Å². The topological polar surface area (TPSA) is 80.0 Å². The van der Waals surface area contributed by atoms with Gasteiger partial charge in [0.15, 0.2) is 5.82 Å². The van der Waals surface area contributed by atoms with E-state index in [9.17, 15) is 0 Å². The van der Waals surface area contributed by atoms with Crippen molar-refractivity contribution in [2.75, 3.05) is 12.0 Å². The van der Waals surface area contributed by atoms with Crippen molar-refractivity contribution in [3.8, 4) is 0 Å². The van der Waals surface area contributed by atoms with Crippen LogP contribution in [-0.2, 0) is 13.1 Å². The van der Waals surface area contributed by atoms with Gasteiger partial charge in [-0.15, -0.1) is 0 Å². The fraction of sp³-hybridized carbons (Fsp3) is 0.308. The van der Waals surface area contributed by atoms with Gasteiger partial charge in [0.05, 0.1) is 23.8 Å². The molecule has 6 heteroatoms. The van der Waals surface area contributed by atoms with Gasteiger partial charge in [0.25, 0.3) is 0 Å². The molecule has 6 nitrogen and oxygen atoms in total. The molecule has 0 atom stereocenters. The average molecular weight is 258 g/mol. The number of hydrazine groups is 1. The number of anilines is 1. The van der Waals surface area contributed by atoms with Gasteiger partial charge in [0.2, 0.25) is 0 Å². The lowest BCUT2D eigenvalue weighted by atomic mass is 10.3. The first-order valence-corrected chi connectivity index (χ1v) is 6.21. The van der Waals surface area contributed by atoms with E-state index < -0.39 is 0 Å². The molecule has 19 heavy (non-hydrogen) atoms. The molecule has 0 spiro atoms. The van der Waals surface area contributed by atoms with Crippen molar-refractivity contribution in [2.45, 2.75) is 20.0 Å². The standard InChI is InChI=1S/C13H18N6/c1-2-19(9-11-5-3-4-6-15-11)10-12-7-17-13(18-14)8-16-12/h3-8H,2,9-10,14H2,1H3,(H,17,18). The van der Waals surface area contributed by atoms with Crippen LogP contribution in [0.15, 0.2) is 36.8 Å². The Hall–Kier alpha value is -2.05. The third kappa shape index (κ3) is 3.97. The number of nitrogens with zero attached hydrogens (tertiary/aromatic N) is 4. The van der Waals surface area contributed by atoms with Crippen LogP contribution in [0.5, 0.6) is 0 Å². The highest BCUT2D eigenvalue weighted by Crippen LogP contribution is 2.06. The molecule has 0 bridgehead atoms.